The van der Waals surface area contributed by atoms with Crippen molar-refractivity contribution in [3.63, 3.8) is 0 Å². The molecule has 3 nitrogen and oxygen atoms in total. The van der Waals surface area contributed by atoms with E-state index < -0.39 is 5.91 Å². The van der Waals surface area contributed by atoms with E-state index in [0.29, 0.717) is 10.7 Å². The molecular weight excluding hydrogens is 164 g/mol. The van der Waals surface area contributed by atoms with Gasteiger partial charge in [-0.1, -0.05) is 11.6 Å². The molecule has 1 heterocycles. The maximum atomic E-state index is 10.4. The molecule has 4 heteroatoms. The van der Waals surface area contributed by atoms with Gasteiger partial charge in [-0.2, -0.15) is 0 Å². The zero-order chi connectivity index (χ0) is 8.27. The Kier molecular flexibility index (Phi) is 2.44. The van der Waals surface area contributed by atoms with Crippen molar-refractivity contribution in [3.8, 4) is 0 Å². The molecule has 0 aliphatic carbocycles. The van der Waals surface area contributed by atoms with Crippen LogP contribution >= 0.6 is 11.6 Å². The zero-order valence-corrected chi connectivity index (χ0v) is 6.51. The molecule has 0 bridgehead atoms. The fourth-order valence-electron chi connectivity index (χ4n) is 0.724. The fourth-order valence-corrected chi connectivity index (χ4v) is 0.906. The number of aromatic nitrogens is 1. The highest BCUT2D eigenvalue weighted by atomic mass is 35.5. The number of carbonyl (C=O) groups is 1. The summed E-state index contributed by atoms with van der Waals surface area (Å²) in [7, 11) is 0. The lowest BCUT2D eigenvalue weighted by Gasteiger charge is -1.95. The van der Waals surface area contributed by atoms with E-state index in [-0.39, 0.29) is 6.42 Å². The summed E-state index contributed by atoms with van der Waals surface area (Å²) in [5.74, 6) is -0.403. The van der Waals surface area contributed by atoms with E-state index in [2.05, 4.69) is 4.98 Å². The number of nitrogens with two attached hydrogens (primary N) is 1. The molecule has 1 aromatic heterocycles. The summed E-state index contributed by atoms with van der Waals surface area (Å²) in [6.45, 7) is 0. The van der Waals surface area contributed by atoms with Crippen LogP contribution in [0.2, 0.25) is 5.02 Å². The normalized spacial score (nSPS) is 9.55. The average Bonchev–Trinajstić information content (AvgIpc) is 1.85. The van der Waals surface area contributed by atoms with Crippen LogP contribution < -0.4 is 5.73 Å². The van der Waals surface area contributed by atoms with E-state index in [9.17, 15) is 4.79 Å². The van der Waals surface area contributed by atoms with Gasteiger partial charge in [0.15, 0.2) is 0 Å². The van der Waals surface area contributed by atoms with Crippen LogP contribution in [-0.4, -0.2) is 10.9 Å². The lowest BCUT2D eigenvalue weighted by molar-refractivity contribution is -0.117. The minimum absolute atomic E-state index is 0.139. The molecule has 0 aliphatic rings. The Balaban J connectivity index is 2.79. The molecule has 0 spiro atoms. The first-order chi connectivity index (χ1) is 5.18. The Morgan fingerprint density at radius 2 is 2.45 bits per heavy atom. The van der Waals surface area contributed by atoms with Crippen molar-refractivity contribution in [2.45, 2.75) is 6.42 Å². The van der Waals surface area contributed by atoms with Gasteiger partial charge in [0, 0.05) is 11.2 Å². The molecule has 0 aliphatic heterocycles. The first-order valence-electron chi connectivity index (χ1n) is 3.07. The van der Waals surface area contributed by atoms with Gasteiger partial charge in [0.2, 0.25) is 5.91 Å². The van der Waals surface area contributed by atoms with Crippen LogP contribution in [0.4, 0.5) is 0 Å². The number of amides is 1. The van der Waals surface area contributed by atoms with Crippen molar-refractivity contribution in [1.82, 2.24) is 4.98 Å². The van der Waals surface area contributed by atoms with E-state index in [0.717, 1.165) is 0 Å². The highest BCUT2D eigenvalue weighted by Crippen LogP contribution is 2.07. The van der Waals surface area contributed by atoms with Crippen LogP contribution in [0.3, 0.4) is 0 Å². The molecule has 2 N–H and O–H groups in total. The number of hydrogen-bond acceptors (Lipinski definition) is 2. The molecule has 0 atom stereocenters. The third kappa shape index (κ3) is 2.55. The van der Waals surface area contributed by atoms with Crippen molar-refractivity contribution < 1.29 is 4.79 Å². The van der Waals surface area contributed by atoms with Crippen molar-refractivity contribution in [2.75, 3.05) is 0 Å². The van der Waals surface area contributed by atoms with Crippen molar-refractivity contribution >= 4 is 17.5 Å². The van der Waals surface area contributed by atoms with Crippen LogP contribution in [0.1, 0.15) is 5.69 Å². The van der Waals surface area contributed by atoms with Crippen molar-refractivity contribution in [2.24, 2.45) is 5.73 Å². The molecular formula is C7H7ClN2O. The van der Waals surface area contributed by atoms with Crippen LogP contribution in [0.5, 0.6) is 0 Å². The summed E-state index contributed by atoms with van der Waals surface area (Å²) in [5.41, 5.74) is 5.55. The number of carbonyl (C=O) groups excluding carboxylic acids is 1. The van der Waals surface area contributed by atoms with E-state index in [1.54, 1.807) is 18.3 Å². The summed E-state index contributed by atoms with van der Waals surface area (Å²) in [6.07, 6.45) is 1.68. The third-order valence-corrected chi connectivity index (χ3v) is 1.37. The molecule has 58 valence electrons. The molecule has 1 rings (SSSR count). The van der Waals surface area contributed by atoms with E-state index in [4.69, 9.17) is 17.3 Å². The first kappa shape index (κ1) is 8.01. The van der Waals surface area contributed by atoms with Gasteiger partial charge in [-0.25, -0.2) is 0 Å². The van der Waals surface area contributed by atoms with Crippen molar-refractivity contribution in [1.29, 1.82) is 0 Å². The first-order valence-corrected chi connectivity index (χ1v) is 3.45. The molecule has 0 fully saturated rings. The standard InChI is InChI=1S/C7H7ClN2O/c8-5-1-2-10-6(3-5)4-7(9)11/h1-3H,4H2,(H2,9,11). The number of rotatable bonds is 2. The second-order valence-electron chi connectivity index (χ2n) is 2.11. The highest BCUT2D eigenvalue weighted by molar-refractivity contribution is 6.30. The number of pyridine rings is 1. The Hall–Kier alpha value is -1.09. The smallest absolute Gasteiger partial charge is 0.223 e. The number of nitrogens with zero attached hydrogens (tertiary/aromatic N) is 1. The molecule has 0 aromatic carbocycles. The SMILES string of the molecule is NC(=O)Cc1cc(Cl)ccn1. The minimum Gasteiger partial charge on any atom is -0.369 e. The summed E-state index contributed by atoms with van der Waals surface area (Å²) < 4.78 is 0. The molecule has 0 saturated heterocycles. The Bertz CT molecular complexity index is 275. The lowest BCUT2D eigenvalue weighted by atomic mass is 10.3. The number of primary amides is 1. The predicted molar refractivity (Wildman–Crippen MR) is 42.1 cm³/mol. The van der Waals surface area contributed by atoms with Gasteiger partial charge in [-0.15, -0.1) is 0 Å². The number of hydrogen-bond donors (Lipinski definition) is 1. The Morgan fingerprint density at radius 3 is 3.00 bits per heavy atom. The van der Waals surface area contributed by atoms with Crippen LogP contribution in [-0.2, 0) is 11.2 Å². The van der Waals surface area contributed by atoms with Crippen LogP contribution in [0.25, 0.3) is 0 Å². The largest absolute Gasteiger partial charge is 0.369 e. The van der Waals surface area contributed by atoms with Crippen LogP contribution in [0.15, 0.2) is 18.3 Å². The van der Waals surface area contributed by atoms with Gasteiger partial charge in [0.25, 0.3) is 0 Å². The second-order valence-corrected chi connectivity index (χ2v) is 2.54. The number of halogens is 1. The molecule has 1 amide bonds. The monoisotopic (exact) mass is 170 g/mol. The quantitative estimate of drug-likeness (QED) is 0.713. The molecule has 0 unspecified atom stereocenters. The van der Waals surface area contributed by atoms with Crippen molar-refractivity contribution in [3.05, 3.63) is 29.0 Å². The lowest BCUT2D eigenvalue weighted by Crippen LogP contribution is -2.14. The minimum atomic E-state index is -0.403. The van der Waals surface area contributed by atoms with Crippen LogP contribution in [0, 0.1) is 0 Å². The van der Waals surface area contributed by atoms with Gasteiger partial charge in [-0.3, -0.25) is 9.78 Å². The van der Waals surface area contributed by atoms with Gasteiger partial charge < -0.3 is 5.73 Å². The van der Waals surface area contributed by atoms with Gasteiger partial charge in [0.1, 0.15) is 0 Å². The molecule has 1 aromatic rings. The summed E-state index contributed by atoms with van der Waals surface area (Å²) >= 11 is 5.64. The predicted octanol–water partition coefficient (Wildman–Crippen LogP) is 0.763. The van der Waals surface area contributed by atoms with Gasteiger partial charge in [0.05, 0.1) is 12.1 Å². The maximum Gasteiger partial charge on any atom is 0.223 e. The Morgan fingerprint density at radius 1 is 1.73 bits per heavy atom. The van der Waals surface area contributed by atoms with Gasteiger partial charge >= 0.3 is 0 Å². The van der Waals surface area contributed by atoms with E-state index >= 15 is 0 Å². The maximum absolute atomic E-state index is 10.4. The third-order valence-electron chi connectivity index (χ3n) is 1.13. The molecule has 0 saturated carbocycles. The summed E-state index contributed by atoms with van der Waals surface area (Å²) in [5, 5.41) is 0.566. The summed E-state index contributed by atoms with van der Waals surface area (Å²) in [4.78, 5) is 14.3. The highest BCUT2D eigenvalue weighted by Gasteiger charge is 1.99. The zero-order valence-electron chi connectivity index (χ0n) is 5.75. The Labute approximate surface area is 69.2 Å². The van der Waals surface area contributed by atoms with E-state index in [1.807, 2.05) is 0 Å². The summed E-state index contributed by atoms with van der Waals surface area (Å²) in [6, 6.07) is 3.26. The molecule has 0 radical (unpaired) electrons. The van der Waals surface area contributed by atoms with E-state index in [1.165, 1.54) is 0 Å². The fraction of sp³-hybridized carbons (Fsp3) is 0.143. The van der Waals surface area contributed by atoms with Gasteiger partial charge in [-0.05, 0) is 12.1 Å². The topological polar surface area (TPSA) is 56.0 Å². The average molecular weight is 171 g/mol. The second kappa shape index (κ2) is 3.34. The molecule has 11 heavy (non-hydrogen) atoms.